The zero-order valence-corrected chi connectivity index (χ0v) is 10.5. The minimum atomic E-state index is -0.00102. The van der Waals surface area contributed by atoms with Gasteiger partial charge in [-0.1, -0.05) is 0 Å². The Hall–Kier alpha value is -1.36. The first-order valence-electron chi connectivity index (χ1n) is 6.22. The molecule has 2 heterocycles. The topological polar surface area (TPSA) is 50.2 Å². The molecule has 1 aromatic heterocycles. The van der Waals surface area contributed by atoms with Crippen LogP contribution < -0.4 is 5.32 Å². The van der Waals surface area contributed by atoms with Gasteiger partial charge in [-0.3, -0.25) is 9.48 Å². The molecular formula is C12H20N4O. The highest BCUT2D eigenvalue weighted by atomic mass is 16.2. The molecule has 0 saturated carbocycles. The summed E-state index contributed by atoms with van der Waals surface area (Å²) < 4.78 is 1.73. The molecule has 0 aliphatic carbocycles. The number of hydrogen-bond acceptors (Lipinski definition) is 3. The molecule has 1 aromatic rings. The zero-order chi connectivity index (χ0) is 12.3. The van der Waals surface area contributed by atoms with Gasteiger partial charge in [-0.25, -0.2) is 0 Å². The predicted octanol–water partition coefficient (Wildman–Crippen LogP) is 0.727. The minimum absolute atomic E-state index is 0.00102. The lowest BCUT2D eigenvalue weighted by Crippen LogP contribution is -2.43. The number of nitrogens with zero attached hydrogens (tertiary/aromatic N) is 3. The van der Waals surface area contributed by atoms with Gasteiger partial charge in [0.05, 0.1) is 0 Å². The van der Waals surface area contributed by atoms with Crippen molar-refractivity contribution in [3.05, 3.63) is 18.0 Å². The molecule has 1 N–H and O–H groups in total. The third-order valence-electron chi connectivity index (χ3n) is 3.30. The standard InChI is InChI=1S/C12H20N4O/c1-3-16-11(4-7-13-16)12(17)14-10-5-8-15(2)9-6-10/h4,7,10H,3,5-6,8-9H2,1-2H3,(H,14,17). The van der Waals surface area contributed by atoms with Crippen LogP contribution in [0.3, 0.4) is 0 Å². The van der Waals surface area contributed by atoms with Gasteiger partial charge >= 0.3 is 0 Å². The fourth-order valence-corrected chi connectivity index (χ4v) is 2.19. The van der Waals surface area contributed by atoms with E-state index in [1.54, 1.807) is 16.9 Å². The highest BCUT2D eigenvalue weighted by Gasteiger charge is 2.20. The monoisotopic (exact) mass is 236 g/mol. The van der Waals surface area contributed by atoms with Gasteiger partial charge in [0.15, 0.2) is 0 Å². The van der Waals surface area contributed by atoms with Crippen molar-refractivity contribution < 1.29 is 4.79 Å². The lowest BCUT2D eigenvalue weighted by Gasteiger charge is -2.29. The highest BCUT2D eigenvalue weighted by Crippen LogP contribution is 2.09. The number of aryl methyl sites for hydroxylation is 1. The lowest BCUT2D eigenvalue weighted by molar-refractivity contribution is 0.0906. The summed E-state index contributed by atoms with van der Waals surface area (Å²) >= 11 is 0. The molecule has 0 spiro atoms. The van der Waals surface area contributed by atoms with E-state index in [4.69, 9.17) is 0 Å². The van der Waals surface area contributed by atoms with Crippen molar-refractivity contribution in [1.29, 1.82) is 0 Å². The molecular weight excluding hydrogens is 216 g/mol. The Morgan fingerprint density at radius 2 is 2.24 bits per heavy atom. The second-order valence-corrected chi connectivity index (χ2v) is 4.58. The molecule has 5 heteroatoms. The maximum atomic E-state index is 12.0. The van der Waals surface area contributed by atoms with Crippen LogP contribution in [0.25, 0.3) is 0 Å². The fourth-order valence-electron chi connectivity index (χ4n) is 2.19. The minimum Gasteiger partial charge on any atom is -0.348 e. The van der Waals surface area contributed by atoms with E-state index in [0.29, 0.717) is 11.7 Å². The number of rotatable bonds is 3. The molecule has 1 aliphatic heterocycles. The van der Waals surface area contributed by atoms with Crippen molar-refractivity contribution in [1.82, 2.24) is 20.0 Å². The van der Waals surface area contributed by atoms with E-state index in [1.165, 1.54) is 0 Å². The van der Waals surface area contributed by atoms with E-state index >= 15 is 0 Å². The highest BCUT2D eigenvalue weighted by molar-refractivity contribution is 5.92. The summed E-state index contributed by atoms with van der Waals surface area (Å²) in [4.78, 5) is 14.3. The van der Waals surface area contributed by atoms with Crippen LogP contribution in [0.4, 0.5) is 0 Å². The largest absolute Gasteiger partial charge is 0.348 e. The van der Waals surface area contributed by atoms with E-state index in [9.17, 15) is 4.79 Å². The normalized spacial score (nSPS) is 18.2. The maximum absolute atomic E-state index is 12.0. The van der Waals surface area contributed by atoms with Gasteiger partial charge in [-0.05, 0) is 46.0 Å². The quantitative estimate of drug-likeness (QED) is 0.841. The van der Waals surface area contributed by atoms with Gasteiger partial charge in [-0.15, -0.1) is 0 Å². The number of hydrogen-bond donors (Lipinski definition) is 1. The first kappa shape index (κ1) is 12.1. The summed E-state index contributed by atoms with van der Waals surface area (Å²) in [7, 11) is 2.12. The number of amides is 1. The van der Waals surface area contributed by atoms with Gasteiger partial charge in [0.25, 0.3) is 5.91 Å². The van der Waals surface area contributed by atoms with Crippen molar-refractivity contribution >= 4 is 5.91 Å². The molecule has 5 nitrogen and oxygen atoms in total. The van der Waals surface area contributed by atoms with E-state index in [0.717, 1.165) is 32.5 Å². The van der Waals surface area contributed by atoms with Gasteiger partial charge in [0.1, 0.15) is 5.69 Å². The van der Waals surface area contributed by atoms with Crippen molar-refractivity contribution in [2.24, 2.45) is 0 Å². The maximum Gasteiger partial charge on any atom is 0.269 e. The number of nitrogens with one attached hydrogen (secondary N) is 1. The van der Waals surface area contributed by atoms with Crippen LogP contribution >= 0.6 is 0 Å². The smallest absolute Gasteiger partial charge is 0.269 e. The Morgan fingerprint density at radius 3 is 2.88 bits per heavy atom. The Morgan fingerprint density at radius 1 is 1.53 bits per heavy atom. The summed E-state index contributed by atoms with van der Waals surface area (Å²) in [6.45, 7) is 4.82. The Balaban J connectivity index is 1.93. The fraction of sp³-hybridized carbons (Fsp3) is 0.667. The predicted molar refractivity (Wildman–Crippen MR) is 65.9 cm³/mol. The molecule has 1 saturated heterocycles. The van der Waals surface area contributed by atoms with Crippen molar-refractivity contribution in [2.45, 2.75) is 32.4 Å². The zero-order valence-electron chi connectivity index (χ0n) is 10.5. The van der Waals surface area contributed by atoms with Crippen molar-refractivity contribution in [3.63, 3.8) is 0 Å². The van der Waals surface area contributed by atoms with Crippen LogP contribution in [0.15, 0.2) is 12.3 Å². The van der Waals surface area contributed by atoms with Crippen molar-refractivity contribution in [3.8, 4) is 0 Å². The van der Waals surface area contributed by atoms with Crippen LogP contribution in [0.2, 0.25) is 0 Å². The molecule has 1 aliphatic rings. The molecule has 17 heavy (non-hydrogen) atoms. The number of aromatic nitrogens is 2. The second kappa shape index (κ2) is 5.31. The van der Waals surface area contributed by atoms with Crippen LogP contribution in [0, 0.1) is 0 Å². The Labute approximate surface area is 102 Å². The third-order valence-corrected chi connectivity index (χ3v) is 3.30. The number of carbonyl (C=O) groups excluding carboxylic acids is 1. The molecule has 0 bridgehead atoms. The summed E-state index contributed by atoms with van der Waals surface area (Å²) in [5, 5.41) is 7.20. The van der Waals surface area contributed by atoms with Crippen molar-refractivity contribution in [2.75, 3.05) is 20.1 Å². The lowest BCUT2D eigenvalue weighted by atomic mass is 10.1. The number of likely N-dealkylation sites (tertiary alicyclic amines) is 1. The molecule has 1 amide bonds. The van der Waals surface area contributed by atoms with Crippen LogP contribution in [-0.2, 0) is 6.54 Å². The van der Waals surface area contributed by atoms with E-state index in [2.05, 4.69) is 22.4 Å². The van der Waals surface area contributed by atoms with Crippen LogP contribution in [0.5, 0.6) is 0 Å². The molecule has 1 fully saturated rings. The van der Waals surface area contributed by atoms with Gasteiger partial charge < -0.3 is 10.2 Å². The number of carbonyl (C=O) groups is 1. The van der Waals surface area contributed by atoms with Gasteiger partial charge in [-0.2, -0.15) is 5.10 Å². The third kappa shape index (κ3) is 2.85. The molecule has 0 unspecified atom stereocenters. The molecule has 2 rings (SSSR count). The number of piperidine rings is 1. The van der Waals surface area contributed by atoms with E-state index < -0.39 is 0 Å². The average Bonchev–Trinajstić information content (AvgIpc) is 2.80. The first-order chi connectivity index (χ1) is 8.20. The Bertz CT molecular complexity index is 380. The van der Waals surface area contributed by atoms with E-state index in [1.807, 2.05) is 6.92 Å². The summed E-state index contributed by atoms with van der Waals surface area (Å²) in [5.41, 5.74) is 0.659. The first-order valence-corrected chi connectivity index (χ1v) is 6.22. The second-order valence-electron chi connectivity index (χ2n) is 4.58. The summed E-state index contributed by atoms with van der Waals surface area (Å²) in [6.07, 6.45) is 3.73. The molecule has 0 atom stereocenters. The Kier molecular flexibility index (Phi) is 3.78. The average molecular weight is 236 g/mol. The van der Waals surface area contributed by atoms with Gasteiger partial charge in [0, 0.05) is 18.8 Å². The molecule has 0 radical (unpaired) electrons. The molecule has 94 valence electrons. The van der Waals surface area contributed by atoms with E-state index in [-0.39, 0.29) is 5.91 Å². The molecule has 0 aromatic carbocycles. The van der Waals surface area contributed by atoms with Gasteiger partial charge in [0.2, 0.25) is 0 Å². The van der Waals surface area contributed by atoms with Crippen LogP contribution in [-0.4, -0.2) is 46.8 Å². The summed E-state index contributed by atoms with van der Waals surface area (Å²) in [5.74, 6) is -0.00102. The van der Waals surface area contributed by atoms with Crippen LogP contribution in [0.1, 0.15) is 30.3 Å². The summed E-state index contributed by atoms with van der Waals surface area (Å²) in [6, 6.07) is 2.08. The SMILES string of the molecule is CCn1nccc1C(=O)NC1CCN(C)CC1.